The highest BCUT2D eigenvalue weighted by molar-refractivity contribution is 6.04. The van der Waals surface area contributed by atoms with Gasteiger partial charge in [0.15, 0.2) is 17.5 Å². The SMILES string of the molecule is COc1ccccc1NC(=O)c1cc(Nc2ccc(F)c(F)c2F)nc(C)n1. The molecule has 2 N–H and O–H groups in total. The molecule has 1 heterocycles. The molecule has 1 aromatic heterocycles. The first-order valence-electron chi connectivity index (χ1n) is 8.09. The quantitative estimate of drug-likeness (QED) is 0.641. The van der Waals surface area contributed by atoms with Crippen LogP contribution in [0.25, 0.3) is 0 Å². The zero-order chi connectivity index (χ0) is 20.3. The lowest BCUT2D eigenvalue weighted by Gasteiger charge is -2.12. The minimum absolute atomic E-state index is 0.0103. The molecule has 0 atom stereocenters. The van der Waals surface area contributed by atoms with Gasteiger partial charge in [0.25, 0.3) is 5.91 Å². The van der Waals surface area contributed by atoms with Crippen molar-refractivity contribution in [3.05, 3.63) is 71.4 Å². The lowest BCUT2D eigenvalue weighted by Crippen LogP contribution is -2.16. The zero-order valence-electron chi connectivity index (χ0n) is 14.9. The largest absolute Gasteiger partial charge is 0.495 e. The molecule has 0 radical (unpaired) electrons. The summed E-state index contributed by atoms with van der Waals surface area (Å²) in [7, 11) is 1.47. The third-order valence-corrected chi connectivity index (χ3v) is 3.72. The molecule has 0 spiro atoms. The fourth-order valence-electron chi connectivity index (χ4n) is 2.44. The number of nitrogens with zero attached hydrogens (tertiary/aromatic N) is 2. The van der Waals surface area contributed by atoms with E-state index in [-0.39, 0.29) is 23.0 Å². The van der Waals surface area contributed by atoms with Gasteiger partial charge in [-0.1, -0.05) is 12.1 Å². The summed E-state index contributed by atoms with van der Waals surface area (Å²) in [5.41, 5.74) is 0.101. The van der Waals surface area contributed by atoms with Gasteiger partial charge in [-0.05, 0) is 31.2 Å². The molecule has 0 aliphatic carbocycles. The normalized spacial score (nSPS) is 10.5. The number of aryl methyl sites for hydroxylation is 1. The number of amides is 1. The zero-order valence-corrected chi connectivity index (χ0v) is 14.9. The topological polar surface area (TPSA) is 76.1 Å². The van der Waals surface area contributed by atoms with Crippen molar-refractivity contribution in [2.45, 2.75) is 6.92 Å². The lowest BCUT2D eigenvalue weighted by atomic mass is 10.2. The summed E-state index contributed by atoms with van der Waals surface area (Å²) < 4.78 is 45.5. The van der Waals surface area contributed by atoms with Crippen LogP contribution < -0.4 is 15.4 Å². The summed E-state index contributed by atoms with van der Waals surface area (Å²) in [5, 5.41) is 5.18. The van der Waals surface area contributed by atoms with Gasteiger partial charge in [-0.25, -0.2) is 23.1 Å². The second-order valence-electron chi connectivity index (χ2n) is 5.69. The molecule has 0 aliphatic heterocycles. The fourth-order valence-corrected chi connectivity index (χ4v) is 2.44. The second-order valence-corrected chi connectivity index (χ2v) is 5.69. The van der Waals surface area contributed by atoms with Gasteiger partial charge in [0.05, 0.1) is 18.5 Å². The van der Waals surface area contributed by atoms with E-state index in [9.17, 15) is 18.0 Å². The van der Waals surface area contributed by atoms with Gasteiger partial charge < -0.3 is 15.4 Å². The number of hydrogen-bond donors (Lipinski definition) is 2. The number of rotatable bonds is 5. The van der Waals surface area contributed by atoms with Crippen molar-refractivity contribution >= 4 is 23.1 Å². The maximum atomic E-state index is 13.9. The van der Waals surface area contributed by atoms with Crippen molar-refractivity contribution in [1.82, 2.24) is 9.97 Å². The molecule has 0 unspecified atom stereocenters. The van der Waals surface area contributed by atoms with Gasteiger partial charge >= 0.3 is 0 Å². The Labute approximate surface area is 158 Å². The maximum Gasteiger partial charge on any atom is 0.274 e. The molecule has 3 rings (SSSR count). The number of ether oxygens (including phenoxy) is 1. The maximum absolute atomic E-state index is 13.9. The number of halogens is 3. The average molecular weight is 388 g/mol. The van der Waals surface area contributed by atoms with E-state index in [1.54, 1.807) is 24.3 Å². The van der Waals surface area contributed by atoms with Gasteiger partial charge in [-0.15, -0.1) is 0 Å². The Hall–Kier alpha value is -3.62. The van der Waals surface area contributed by atoms with E-state index < -0.39 is 23.4 Å². The number of carbonyl (C=O) groups is 1. The monoisotopic (exact) mass is 388 g/mol. The number of hydrogen-bond acceptors (Lipinski definition) is 5. The van der Waals surface area contributed by atoms with Crippen molar-refractivity contribution in [3.63, 3.8) is 0 Å². The number of para-hydroxylation sites is 2. The average Bonchev–Trinajstić information content (AvgIpc) is 2.68. The molecule has 0 aliphatic rings. The van der Waals surface area contributed by atoms with Crippen LogP contribution in [0.15, 0.2) is 42.5 Å². The van der Waals surface area contributed by atoms with E-state index in [2.05, 4.69) is 20.6 Å². The van der Waals surface area contributed by atoms with Crippen LogP contribution in [-0.4, -0.2) is 23.0 Å². The Bertz CT molecular complexity index is 1040. The van der Waals surface area contributed by atoms with Crippen molar-refractivity contribution in [3.8, 4) is 5.75 Å². The highest BCUT2D eigenvalue weighted by Gasteiger charge is 2.16. The predicted molar refractivity (Wildman–Crippen MR) is 97.3 cm³/mol. The molecule has 3 aromatic rings. The molecule has 144 valence electrons. The Balaban J connectivity index is 1.87. The van der Waals surface area contributed by atoms with Crippen molar-refractivity contribution in [2.24, 2.45) is 0 Å². The number of aromatic nitrogens is 2. The van der Waals surface area contributed by atoms with Crippen LogP contribution in [0.4, 0.5) is 30.4 Å². The Kier molecular flexibility index (Phi) is 5.44. The minimum Gasteiger partial charge on any atom is -0.495 e. The number of carbonyl (C=O) groups excluding carboxylic acids is 1. The van der Waals surface area contributed by atoms with Crippen molar-refractivity contribution in [2.75, 3.05) is 17.7 Å². The van der Waals surface area contributed by atoms with Crippen LogP contribution in [0.1, 0.15) is 16.3 Å². The van der Waals surface area contributed by atoms with Crippen LogP contribution in [0.3, 0.4) is 0 Å². The Morgan fingerprint density at radius 2 is 1.75 bits per heavy atom. The summed E-state index contributed by atoms with van der Waals surface area (Å²) in [4.78, 5) is 20.6. The van der Waals surface area contributed by atoms with Gasteiger partial charge in [-0.3, -0.25) is 4.79 Å². The third kappa shape index (κ3) is 4.03. The van der Waals surface area contributed by atoms with E-state index in [1.165, 1.54) is 20.1 Å². The number of methoxy groups -OCH3 is 1. The van der Waals surface area contributed by atoms with Gasteiger partial charge in [0.1, 0.15) is 23.1 Å². The van der Waals surface area contributed by atoms with Gasteiger partial charge in [0.2, 0.25) is 0 Å². The molecule has 1 amide bonds. The van der Waals surface area contributed by atoms with E-state index in [0.29, 0.717) is 11.4 Å². The fraction of sp³-hybridized carbons (Fsp3) is 0.105. The molecule has 28 heavy (non-hydrogen) atoms. The van der Waals surface area contributed by atoms with Crippen LogP contribution >= 0.6 is 0 Å². The van der Waals surface area contributed by atoms with Crippen LogP contribution in [0, 0.1) is 24.4 Å². The molecular weight excluding hydrogens is 373 g/mol. The number of benzene rings is 2. The highest BCUT2D eigenvalue weighted by atomic mass is 19.2. The molecule has 0 saturated carbocycles. The standard InChI is InChI=1S/C19H15F3N4O2/c1-10-23-14(19(27)26-12-5-3-4-6-15(12)28-2)9-16(24-10)25-13-8-7-11(20)17(21)18(13)22/h3-9H,1-2H3,(H,26,27)(H,23,24,25). The summed E-state index contributed by atoms with van der Waals surface area (Å²) in [5.74, 6) is -4.13. The summed E-state index contributed by atoms with van der Waals surface area (Å²) in [6, 6.07) is 9.88. The first-order valence-corrected chi connectivity index (χ1v) is 8.09. The third-order valence-electron chi connectivity index (χ3n) is 3.72. The van der Waals surface area contributed by atoms with Crippen molar-refractivity contribution < 1.29 is 22.7 Å². The summed E-state index contributed by atoms with van der Waals surface area (Å²) in [6.45, 7) is 1.53. The second kappa shape index (κ2) is 7.95. The molecule has 0 bridgehead atoms. The lowest BCUT2D eigenvalue weighted by molar-refractivity contribution is 0.102. The Morgan fingerprint density at radius 3 is 2.50 bits per heavy atom. The Morgan fingerprint density at radius 1 is 1.00 bits per heavy atom. The first-order chi connectivity index (χ1) is 13.4. The predicted octanol–water partition coefficient (Wildman–Crippen LogP) is 4.21. The summed E-state index contributed by atoms with van der Waals surface area (Å²) >= 11 is 0. The van der Waals surface area contributed by atoms with E-state index in [0.717, 1.165) is 12.1 Å². The van der Waals surface area contributed by atoms with Crippen molar-refractivity contribution in [1.29, 1.82) is 0 Å². The molecule has 9 heteroatoms. The van der Waals surface area contributed by atoms with Crippen LogP contribution in [0.2, 0.25) is 0 Å². The van der Waals surface area contributed by atoms with Crippen LogP contribution in [0.5, 0.6) is 5.75 Å². The van der Waals surface area contributed by atoms with E-state index in [4.69, 9.17) is 4.74 Å². The first kappa shape index (κ1) is 19.2. The van der Waals surface area contributed by atoms with Gasteiger partial charge in [0, 0.05) is 6.07 Å². The molecular formula is C19H15F3N4O2. The van der Waals surface area contributed by atoms with Crippen LogP contribution in [-0.2, 0) is 0 Å². The highest BCUT2D eigenvalue weighted by Crippen LogP contribution is 2.25. The smallest absolute Gasteiger partial charge is 0.274 e. The van der Waals surface area contributed by atoms with Gasteiger partial charge in [-0.2, -0.15) is 0 Å². The molecule has 0 fully saturated rings. The number of anilines is 3. The number of nitrogens with one attached hydrogen (secondary N) is 2. The minimum atomic E-state index is -1.61. The molecule has 0 saturated heterocycles. The molecule has 6 nitrogen and oxygen atoms in total. The van der Waals surface area contributed by atoms with E-state index >= 15 is 0 Å². The summed E-state index contributed by atoms with van der Waals surface area (Å²) in [6.07, 6.45) is 0. The molecule has 2 aromatic carbocycles. The van der Waals surface area contributed by atoms with E-state index in [1.807, 2.05) is 0 Å².